The quantitative estimate of drug-likeness (QED) is 0.903. The van der Waals surface area contributed by atoms with Gasteiger partial charge in [-0.15, -0.1) is 0 Å². The number of hydrogen-bond acceptors (Lipinski definition) is 3. The van der Waals surface area contributed by atoms with Crippen molar-refractivity contribution in [1.82, 2.24) is 0 Å². The molecule has 0 amide bonds. The molecule has 106 valence electrons. The van der Waals surface area contributed by atoms with Gasteiger partial charge in [-0.3, -0.25) is 0 Å². The van der Waals surface area contributed by atoms with Crippen LogP contribution in [0.1, 0.15) is 16.7 Å². The predicted molar refractivity (Wildman–Crippen MR) is 84.1 cm³/mol. The van der Waals surface area contributed by atoms with Crippen LogP contribution in [-0.4, -0.2) is 7.11 Å². The molecule has 20 heavy (non-hydrogen) atoms. The topological polar surface area (TPSA) is 44.5 Å². The molecule has 0 aliphatic rings. The van der Waals surface area contributed by atoms with Crippen LogP contribution in [-0.2, 0) is 13.2 Å². The predicted octanol–water partition coefficient (Wildman–Crippen LogP) is 3.80. The summed E-state index contributed by atoms with van der Waals surface area (Å²) in [7, 11) is 1.65. The van der Waals surface area contributed by atoms with Crippen molar-refractivity contribution >= 4 is 15.9 Å². The Morgan fingerprint density at radius 2 is 1.95 bits per heavy atom. The van der Waals surface area contributed by atoms with Crippen molar-refractivity contribution in [2.75, 3.05) is 7.11 Å². The molecule has 0 aromatic heterocycles. The van der Waals surface area contributed by atoms with Crippen LogP contribution >= 0.6 is 15.9 Å². The van der Waals surface area contributed by atoms with Gasteiger partial charge in [-0.2, -0.15) is 0 Å². The largest absolute Gasteiger partial charge is 0.496 e. The zero-order valence-electron chi connectivity index (χ0n) is 11.7. The average Bonchev–Trinajstić information content (AvgIpc) is 2.48. The summed E-state index contributed by atoms with van der Waals surface area (Å²) in [4.78, 5) is 0. The number of hydrogen-bond donors (Lipinski definition) is 1. The summed E-state index contributed by atoms with van der Waals surface area (Å²) in [6, 6.07) is 11.9. The highest BCUT2D eigenvalue weighted by Gasteiger charge is 2.04. The van der Waals surface area contributed by atoms with Crippen LogP contribution < -0.4 is 15.2 Å². The third-order valence-electron chi connectivity index (χ3n) is 3.11. The van der Waals surface area contributed by atoms with E-state index in [4.69, 9.17) is 15.2 Å². The molecule has 0 unspecified atom stereocenters. The molecule has 0 saturated heterocycles. The lowest BCUT2D eigenvalue weighted by Crippen LogP contribution is -2.02. The molecule has 0 fully saturated rings. The monoisotopic (exact) mass is 335 g/mol. The van der Waals surface area contributed by atoms with E-state index in [-0.39, 0.29) is 0 Å². The third kappa shape index (κ3) is 3.52. The second-order valence-corrected chi connectivity index (χ2v) is 5.40. The van der Waals surface area contributed by atoms with Gasteiger partial charge in [-0.25, -0.2) is 0 Å². The highest BCUT2D eigenvalue weighted by molar-refractivity contribution is 9.10. The third-order valence-corrected chi connectivity index (χ3v) is 4.00. The Balaban J connectivity index is 2.08. The molecule has 2 aromatic rings. The van der Waals surface area contributed by atoms with E-state index in [2.05, 4.69) is 15.9 Å². The summed E-state index contributed by atoms with van der Waals surface area (Å²) < 4.78 is 12.2. The Morgan fingerprint density at radius 3 is 2.60 bits per heavy atom. The molecule has 2 rings (SSSR count). The van der Waals surface area contributed by atoms with Crippen molar-refractivity contribution in [1.29, 1.82) is 0 Å². The molecule has 0 saturated carbocycles. The van der Waals surface area contributed by atoms with Crippen LogP contribution in [0.15, 0.2) is 40.9 Å². The second-order valence-electron chi connectivity index (χ2n) is 4.55. The zero-order valence-corrected chi connectivity index (χ0v) is 13.2. The Hall–Kier alpha value is -1.52. The minimum Gasteiger partial charge on any atom is -0.496 e. The van der Waals surface area contributed by atoms with E-state index in [1.807, 2.05) is 43.3 Å². The lowest BCUT2D eigenvalue weighted by molar-refractivity contribution is 0.305. The second kappa shape index (κ2) is 6.77. The van der Waals surface area contributed by atoms with Gasteiger partial charge in [0.1, 0.15) is 18.1 Å². The van der Waals surface area contributed by atoms with Crippen molar-refractivity contribution < 1.29 is 9.47 Å². The molecular formula is C16H18BrNO2. The van der Waals surface area contributed by atoms with E-state index in [0.29, 0.717) is 13.2 Å². The van der Waals surface area contributed by atoms with Gasteiger partial charge < -0.3 is 15.2 Å². The Bertz CT molecular complexity index is 599. The fourth-order valence-corrected chi connectivity index (χ4v) is 2.17. The number of aryl methyl sites for hydroxylation is 1. The number of halogens is 1. The molecule has 0 spiro atoms. The Morgan fingerprint density at radius 1 is 1.15 bits per heavy atom. The van der Waals surface area contributed by atoms with Crippen LogP contribution in [0.3, 0.4) is 0 Å². The van der Waals surface area contributed by atoms with E-state index >= 15 is 0 Å². The van der Waals surface area contributed by atoms with Crippen LogP contribution in [0, 0.1) is 6.92 Å². The molecule has 0 heterocycles. The van der Waals surface area contributed by atoms with Crippen LogP contribution in [0.5, 0.6) is 11.5 Å². The van der Waals surface area contributed by atoms with Crippen molar-refractivity contribution in [2.24, 2.45) is 5.73 Å². The molecule has 2 N–H and O–H groups in total. The first-order chi connectivity index (χ1) is 9.63. The summed E-state index contributed by atoms with van der Waals surface area (Å²) in [5.74, 6) is 1.66. The minimum absolute atomic E-state index is 0.468. The summed E-state index contributed by atoms with van der Waals surface area (Å²) in [6.07, 6.45) is 0. The van der Waals surface area contributed by atoms with E-state index in [9.17, 15) is 0 Å². The normalized spacial score (nSPS) is 10.4. The number of ether oxygens (including phenoxy) is 2. The van der Waals surface area contributed by atoms with Gasteiger partial charge in [-0.05, 0) is 42.3 Å². The maximum absolute atomic E-state index is 5.79. The molecule has 0 atom stereocenters. The molecule has 2 aromatic carbocycles. The fraction of sp³-hybridized carbons (Fsp3) is 0.250. The maximum Gasteiger partial charge on any atom is 0.123 e. The fourth-order valence-electron chi connectivity index (χ4n) is 1.92. The van der Waals surface area contributed by atoms with Gasteiger partial charge in [0.15, 0.2) is 0 Å². The van der Waals surface area contributed by atoms with Gasteiger partial charge in [0, 0.05) is 16.6 Å². The molecular weight excluding hydrogens is 318 g/mol. The summed E-state index contributed by atoms with van der Waals surface area (Å²) in [5, 5.41) is 0. The molecule has 0 aliphatic carbocycles. The van der Waals surface area contributed by atoms with E-state index in [1.54, 1.807) is 7.11 Å². The molecule has 4 heteroatoms. The summed E-state index contributed by atoms with van der Waals surface area (Å²) >= 11 is 3.48. The minimum atomic E-state index is 0.468. The number of nitrogens with two attached hydrogens (primary N) is 1. The van der Waals surface area contributed by atoms with Gasteiger partial charge in [0.25, 0.3) is 0 Å². The average molecular weight is 336 g/mol. The smallest absolute Gasteiger partial charge is 0.123 e. The van der Waals surface area contributed by atoms with Gasteiger partial charge in [0.05, 0.1) is 7.11 Å². The van der Waals surface area contributed by atoms with Crippen molar-refractivity contribution in [3.05, 3.63) is 57.6 Å². The first-order valence-corrected chi connectivity index (χ1v) is 7.18. The van der Waals surface area contributed by atoms with E-state index in [0.717, 1.165) is 32.7 Å². The van der Waals surface area contributed by atoms with Crippen molar-refractivity contribution in [2.45, 2.75) is 20.1 Å². The zero-order chi connectivity index (χ0) is 14.5. The molecule has 0 aliphatic heterocycles. The molecule has 0 radical (unpaired) electrons. The Labute approximate surface area is 127 Å². The van der Waals surface area contributed by atoms with E-state index in [1.165, 1.54) is 0 Å². The lowest BCUT2D eigenvalue weighted by atomic mass is 10.1. The summed E-state index contributed by atoms with van der Waals surface area (Å²) in [6.45, 7) is 3.01. The highest BCUT2D eigenvalue weighted by atomic mass is 79.9. The van der Waals surface area contributed by atoms with Crippen LogP contribution in [0.25, 0.3) is 0 Å². The number of methoxy groups -OCH3 is 1. The standard InChI is InChI=1S/C16H18BrNO2/c1-11-7-14(5-6-15(11)17)20-10-12-3-4-13(9-18)16(8-12)19-2/h3-8H,9-10,18H2,1-2H3. The van der Waals surface area contributed by atoms with E-state index < -0.39 is 0 Å². The number of rotatable bonds is 5. The van der Waals surface area contributed by atoms with Gasteiger partial charge >= 0.3 is 0 Å². The summed E-state index contributed by atoms with van der Waals surface area (Å²) in [5.41, 5.74) is 8.86. The first-order valence-electron chi connectivity index (χ1n) is 6.39. The van der Waals surface area contributed by atoms with Crippen LogP contribution in [0.4, 0.5) is 0 Å². The molecule has 3 nitrogen and oxygen atoms in total. The van der Waals surface area contributed by atoms with Crippen molar-refractivity contribution in [3.8, 4) is 11.5 Å². The Kier molecular flexibility index (Phi) is 5.04. The maximum atomic E-state index is 5.79. The lowest BCUT2D eigenvalue weighted by Gasteiger charge is -2.11. The number of benzene rings is 2. The SMILES string of the molecule is COc1cc(COc2ccc(Br)c(C)c2)ccc1CN. The van der Waals surface area contributed by atoms with Gasteiger partial charge in [-0.1, -0.05) is 28.1 Å². The van der Waals surface area contributed by atoms with Crippen LogP contribution in [0.2, 0.25) is 0 Å². The highest BCUT2D eigenvalue weighted by Crippen LogP contribution is 2.24. The van der Waals surface area contributed by atoms with Crippen molar-refractivity contribution in [3.63, 3.8) is 0 Å². The van der Waals surface area contributed by atoms with Gasteiger partial charge in [0.2, 0.25) is 0 Å². The first kappa shape index (κ1) is 14.9. The molecule has 0 bridgehead atoms.